The van der Waals surface area contributed by atoms with E-state index in [1.54, 1.807) is 24.6 Å². The van der Waals surface area contributed by atoms with Gasteiger partial charge < -0.3 is 5.11 Å². The van der Waals surface area contributed by atoms with Gasteiger partial charge in [0.25, 0.3) is 5.92 Å². The summed E-state index contributed by atoms with van der Waals surface area (Å²) in [5.74, 6) is -3.47. The van der Waals surface area contributed by atoms with Gasteiger partial charge in [0.15, 0.2) is 0 Å². The highest BCUT2D eigenvalue weighted by Crippen LogP contribution is 2.16. The molecule has 0 bridgehead atoms. The zero-order chi connectivity index (χ0) is 14.0. The van der Waals surface area contributed by atoms with Crippen molar-refractivity contribution in [3.8, 4) is 0 Å². The minimum absolute atomic E-state index is 0.0614. The van der Waals surface area contributed by atoms with E-state index >= 15 is 0 Å². The Bertz CT molecular complexity index is 509. The Hall–Kier alpha value is -1.05. The second-order valence-electron chi connectivity index (χ2n) is 4.16. The molecule has 1 aromatic carbocycles. The molecule has 0 atom stereocenters. The van der Waals surface area contributed by atoms with Gasteiger partial charge >= 0.3 is 0 Å². The topological polar surface area (TPSA) is 66.4 Å². The highest BCUT2D eigenvalue weighted by Gasteiger charge is 2.30. The molecule has 4 nitrogen and oxygen atoms in total. The first kappa shape index (κ1) is 15.0. The molecule has 0 radical (unpaired) electrons. The molecule has 0 fully saturated rings. The quantitative estimate of drug-likeness (QED) is 0.851. The molecule has 7 heteroatoms. The van der Waals surface area contributed by atoms with Crippen molar-refractivity contribution in [2.75, 3.05) is 13.2 Å². The molecule has 102 valence electrons. The summed E-state index contributed by atoms with van der Waals surface area (Å²) in [6.07, 6.45) is 0. The van der Waals surface area contributed by atoms with Crippen molar-refractivity contribution in [1.29, 1.82) is 0 Å². The fourth-order valence-electron chi connectivity index (χ4n) is 1.43. The van der Waals surface area contributed by atoms with Crippen molar-refractivity contribution in [3.05, 3.63) is 29.3 Å². The van der Waals surface area contributed by atoms with Crippen LogP contribution in [0.2, 0.25) is 0 Å². The summed E-state index contributed by atoms with van der Waals surface area (Å²) >= 11 is 0. The maximum Gasteiger partial charge on any atom is 0.283 e. The van der Waals surface area contributed by atoms with Crippen LogP contribution in [0.3, 0.4) is 0 Å². The standard InChI is InChI=1S/C11H15F2NO3S/c1-8-3-9(2)5-10(4-8)18(16,17)14-6-11(12,13)7-15/h3-5,14-15H,6-7H2,1-2H3. The lowest BCUT2D eigenvalue weighted by atomic mass is 10.2. The van der Waals surface area contributed by atoms with E-state index in [-0.39, 0.29) is 4.90 Å². The van der Waals surface area contributed by atoms with Crippen molar-refractivity contribution in [1.82, 2.24) is 4.72 Å². The summed E-state index contributed by atoms with van der Waals surface area (Å²) in [5, 5.41) is 8.36. The van der Waals surface area contributed by atoms with Crippen LogP contribution in [0.15, 0.2) is 23.1 Å². The van der Waals surface area contributed by atoms with Crippen molar-refractivity contribution in [2.45, 2.75) is 24.7 Å². The highest BCUT2D eigenvalue weighted by molar-refractivity contribution is 7.89. The molecule has 2 N–H and O–H groups in total. The number of rotatable bonds is 5. The minimum Gasteiger partial charge on any atom is -0.390 e. The van der Waals surface area contributed by atoms with E-state index in [0.717, 1.165) is 11.1 Å². The molecule has 0 aromatic heterocycles. The van der Waals surface area contributed by atoms with Crippen LogP contribution in [-0.4, -0.2) is 32.6 Å². The summed E-state index contributed by atoms with van der Waals surface area (Å²) in [7, 11) is -3.99. The third kappa shape index (κ3) is 4.01. The maximum absolute atomic E-state index is 12.8. The summed E-state index contributed by atoms with van der Waals surface area (Å²) < 4.78 is 50.9. The predicted octanol–water partition coefficient (Wildman–Crippen LogP) is 1.21. The summed E-state index contributed by atoms with van der Waals surface area (Å²) in [6.45, 7) is 0.907. The first-order chi connectivity index (χ1) is 8.16. The first-order valence-corrected chi connectivity index (χ1v) is 6.71. The number of halogens is 2. The molecule has 0 aliphatic rings. The van der Waals surface area contributed by atoms with Gasteiger partial charge in [-0.25, -0.2) is 21.9 Å². The van der Waals surface area contributed by atoms with Crippen LogP contribution in [0, 0.1) is 13.8 Å². The first-order valence-electron chi connectivity index (χ1n) is 5.23. The number of nitrogens with one attached hydrogen (secondary N) is 1. The van der Waals surface area contributed by atoms with Crippen molar-refractivity contribution in [2.24, 2.45) is 0 Å². The number of hydrogen-bond acceptors (Lipinski definition) is 3. The molecule has 18 heavy (non-hydrogen) atoms. The Balaban J connectivity index is 2.93. The van der Waals surface area contributed by atoms with E-state index < -0.39 is 29.1 Å². The minimum atomic E-state index is -3.99. The van der Waals surface area contributed by atoms with Crippen LogP contribution < -0.4 is 4.72 Å². The number of aliphatic hydroxyl groups is 1. The number of aryl methyl sites for hydroxylation is 2. The molecule has 0 spiro atoms. The molecule has 0 unspecified atom stereocenters. The molecule has 0 saturated carbocycles. The van der Waals surface area contributed by atoms with Crippen molar-refractivity contribution in [3.63, 3.8) is 0 Å². The van der Waals surface area contributed by atoms with E-state index in [1.165, 1.54) is 12.1 Å². The Morgan fingerprint density at radius 3 is 2.17 bits per heavy atom. The van der Waals surface area contributed by atoms with Crippen LogP contribution in [0.5, 0.6) is 0 Å². The highest BCUT2D eigenvalue weighted by atomic mass is 32.2. The molecule has 0 aliphatic carbocycles. The second-order valence-corrected chi connectivity index (χ2v) is 5.93. The van der Waals surface area contributed by atoms with Gasteiger partial charge in [0.05, 0.1) is 11.4 Å². The van der Waals surface area contributed by atoms with Gasteiger partial charge in [-0.1, -0.05) is 6.07 Å². The van der Waals surface area contributed by atoms with Gasteiger partial charge in [0.1, 0.15) is 6.61 Å². The van der Waals surface area contributed by atoms with Crippen molar-refractivity contribution >= 4 is 10.0 Å². The average molecular weight is 279 g/mol. The third-order valence-electron chi connectivity index (χ3n) is 2.26. The summed E-state index contributed by atoms with van der Waals surface area (Å²) in [4.78, 5) is -0.0614. The van der Waals surface area contributed by atoms with Gasteiger partial charge in [-0.05, 0) is 37.1 Å². The van der Waals surface area contributed by atoms with Crippen molar-refractivity contribution < 1.29 is 22.3 Å². The fraction of sp³-hybridized carbons (Fsp3) is 0.455. The van der Waals surface area contributed by atoms with E-state index in [1.807, 2.05) is 0 Å². The van der Waals surface area contributed by atoms with Crippen LogP contribution in [0.25, 0.3) is 0 Å². The summed E-state index contributed by atoms with van der Waals surface area (Å²) in [5.41, 5.74) is 1.45. The monoisotopic (exact) mass is 279 g/mol. The number of benzene rings is 1. The van der Waals surface area contributed by atoms with Gasteiger partial charge in [-0.2, -0.15) is 0 Å². The van der Waals surface area contributed by atoms with E-state index in [9.17, 15) is 17.2 Å². The Labute approximate surface area is 105 Å². The molecule has 0 amide bonds. The average Bonchev–Trinajstić information content (AvgIpc) is 2.25. The smallest absolute Gasteiger partial charge is 0.283 e. The second kappa shape index (κ2) is 5.29. The van der Waals surface area contributed by atoms with Crippen LogP contribution in [-0.2, 0) is 10.0 Å². The summed E-state index contributed by atoms with van der Waals surface area (Å²) in [6, 6.07) is 4.57. The Kier molecular flexibility index (Phi) is 4.41. The van der Waals surface area contributed by atoms with Gasteiger partial charge in [0, 0.05) is 0 Å². The van der Waals surface area contributed by atoms with Gasteiger partial charge in [0.2, 0.25) is 10.0 Å². The number of sulfonamides is 1. The maximum atomic E-state index is 12.8. The van der Waals surface area contributed by atoms with Crippen LogP contribution in [0.1, 0.15) is 11.1 Å². The lowest BCUT2D eigenvalue weighted by Crippen LogP contribution is -2.38. The lowest BCUT2D eigenvalue weighted by molar-refractivity contribution is -0.0437. The van der Waals surface area contributed by atoms with Gasteiger partial charge in [-0.15, -0.1) is 0 Å². The van der Waals surface area contributed by atoms with Crippen LogP contribution >= 0.6 is 0 Å². The zero-order valence-electron chi connectivity index (χ0n) is 10.1. The molecule has 0 saturated heterocycles. The van der Waals surface area contributed by atoms with Gasteiger partial charge in [-0.3, -0.25) is 0 Å². The zero-order valence-corrected chi connectivity index (χ0v) is 10.9. The predicted molar refractivity (Wildman–Crippen MR) is 63.1 cm³/mol. The van der Waals surface area contributed by atoms with E-state index in [0.29, 0.717) is 0 Å². The SMILES string of the molecule is Cc1cc(C)cc(S(=O)(=O)NCC(F)(F)CO)c1. The Morgan fingerprint density at radius 2 is 1.72 bits per heavy atom. The largest absolute Gasteiger partial charge is 0.390 e. The molecule has 1 aromatic rings. The molecule has 0 aliphatic heterocycles. The fourth-order valence-corrected chi connectivity index (χ4v) is 2.68. The number of alkyl halides is 2. The molecule has 0 heterocycles. The number of hydrogen-bond donors (Lipinski definition) is 2. The molecular formula is C11H15F2NO3S. The van der Waals surface area contributed by atoms with E-state index in [2.05, 4.69) is 0 Å². The van der Waals surface area contributed by atoms with Crippen LogP contribution in [0.4, 0.5) is 8.78 Å². The lowest BCUT2D eigenvalue weighted by Gasteiger charge is -2.14. The normalized spacial score (nSPS) is 12.7. The Morgan fingerprint density at radius 1 is 1.22 bits per heavy atom. The van der Waals surface area contributed by atoms with E-state index in [4.69, 9.17) is 5.11 Å². The molecule has 1 rings (SSSR count). The third-order valence-corrected chi connectivity index (χ3v) is 3.64. The molecular weight excluding hydrogens is 264 g/mol. The number of aliphatic hydroxyl groups excluding tert-OH is 1.